The van der Waals surface area contributed by atoms with Crippen LogP contribution in [0.3, 0.4) is 0 Å². The highest BCUT2D eigenvalue weighted by Gasteiger charge is 2.46. The third-order valence-corrected chi connectivity index (χ3v) is 4.75. The molecular formula is C16H23ClN2O. The molecule has 1 aromatic rings. The summed E-state index contributed by atoms with van der Waals surface area (Å²) in [6, 6.07) is 5.89. The number of nitrogens with zero attached hydrogens (tertiary/aromatic N) is 1. The Morgan fingerprint density at radius 3 is 2.75 bits per heavy atom. The van der Waals surface area contributed by atoms with Gasteiger partial charge in [-0.15, -0.1) is 0 Å². The van der Waals surface area contributed by atoms with Gasteiger partial charge >= 0.3 is 0 Å². The Labute approximate surface area is 126 Å². The van der Waals surface area contributed by atoms with Gasteiger partial charge < -0.3 is 5.32 Å². The summed E-state index contributed by atoms with van der Waals surface area (Å²) in [5.41, 5.74) is 2.06. The van der Waals surface area contributed by atoms with Crippen molar-refractivity contribution in [2.24, 2.45) is 5.92 Å². The van der Waals surface area contributed by atoms with Gasteiger partial charge in [-0.3, -0.25) is 9.69 Å². The van der Waals surface area contributed by atoms with E-state index in [-0.39, 0.29) is 11.7 Å². The molecule has 1 N–H and O–H groups in total. The van der Waals surface area contributed by atoms with Crippen molar-refractivity contribution < 1.29 is 4.79 Å². The van der Waals surface area contributed by atoms with Crippen LogP contribution >= 0.6 is 11.6 Å². The molecule has 0 amide bonds. The number of nitrogens with one attached hydrogen (secondary N) is 1. The molecule has 2 unspecified atom stereocenters. The van der Waals surface area contributed by atoms with Crippen molar-refractivity contribution in [3.05, 3.63) is 28.8 Å². The average Bonchev–Trinajstić information content (AvgIpc) is 2.41. The first-order chi connectivity index (χ1) is 9.47. The summed E-state index contributed by atoms with van der Waals surface area (Å²) in [5, 5.41) is 4.03. The summed E-state index contributed by atoms with van der Waals surface area (Å²) in [5.74, 6) is 0.384. The summed E-state index contributed by atoms with van der Waals surface area (Å²) in [4.78, 5) is 13.6. The highest BCUT2D eigenvalue weighted by atomic mass is 35.5. The second-order valence-electron chi connectivity index (χ2n) is 5.86. The molecule has 1 aliphatic rings. The first kappa shape index (κ1) is 15.3. The third kappa shape index (κ3) is 2.23. The third-order valence-electron chi connectivity index (χ3n) is 4.51. The molecule has 2 rings (SSSR count). The van der Waals surface area contributed by atoms with E-state index in [4.69, 9.17) is 11.6 Å². The van der Waals surface area contributed by atoms with Crippen LogP contribution in [-0.4, -0.2) is 24.4 Å². The highest BCUT2D eigenvalue weighted by molar-refractivity contribution is 6.30. The number of likely N-dealkylation sites (N-methyl/N-ethyl adjacent to an activating group) is 1. The van der Waals surface area contributed by atoms with Gasteiger partial charge in [0.2, 0.25) is 0 Å². The first-order valence-electron chi connectivity index (χ1n) is 7.22. The molecule has 0 bridgehead atoms. The molecule has 0 fully saturated rings. The number of fused-ring (bicyclic) bond motifs is 1. The second-order valence-corrected chi connectivity index (χ2v) is 6.29. The standard InChI is InChI=1S/C16H23ClN2O/c1-5-8-16(11(2)3)13-9-12(17)6-7-14(13)18-15(10-20)19(16)4/h6-7,9-11,15,18H,5,8H2,1-4H3. The molecular weight excluding hydrogens is 272 g/mol. The lowest BCUT2D eigenvalue weighted by Crippen LogP contribution is -2.58. The van der Waals surface area contributed by atoms with E-state index in [1.54, 1.807) is 0 Å². The van der Waals surface area contributed by atoms with Crippen molar-refractivity contribution in [3.8, 4) is 0 Å². The Morgan fingerprint density at radius 1 is 1.50 bits per heavy atom. The summed E-state index contributed by atoms with van der Waals surface area (Å²) in [7, 11) is 2.02. The largest absolute Gasteiger partial charge is 0.363 e. The molecule has 1 aromatic carbocycles. The van der Waals surface area contributed by atoms with E-state index in [0.717, 1.165) is 29.8 Å². The number of hydrogen-bond acceptors (Lipinski definition) is 3. The van der Waals surface area contributed by atoms with Crippen LogP contribution in [0.2, 0.25) is 5.02 Å². The molecule has 0 saturated carbocycles. The fraction of sp³-hybridized carbons (Fsp3) is 0.562. The fourth-order valence-corrected chi connectivity index (χ4v) is 3.69. The molecule has 1 heterocycles. The quantitative estimate of drug-likeness (QED) is 0.856. The van der Waals surface area contributed by atoms with Gasteiger partial charge in [-0.25, -0.2) is 0 Å². The summed E-state index contributed by atoms with van der Waals surface area (Å²) < 4.78 is 0. The zero-order chi connectivity index (χ0) is 14.9. The van der Waals surface area contributed by atoms with E-state index in [1.807, 2.05) is 25.2 Å². The molecule has 2 atom stereocenters. The lowest BCUT2D eigenvalue weighted by atomic mass is 9.73. The molecule has 0 saturated heterocycles. The maximum absolute atomic E-state index is 11.4. The number of halogens is 1. The van der Waals surface area contributed by atoms with Gasteiger partial charge in [0.25, 0.3) is 0 Å². The van der Waals surface area contributed by atoms with Crippen LogP contribution < -0.4 is 5.32 Å². The molecule has 3 nitrogen and oxygen atoms in total. The lowest BCUT2D eigenvalue weighted by molar-refractivity contribution is -0.115. The number of hydrogen-bond donors (Lipinski definition) is 1. The molecule has 0 radical (unpaired) electrons. The van der Waals surface area contributed by atoms with Crippen molar-refractivity contribution >= 4 is 23.6 Å². The van der Waals surface area contributed by atoms with Crippen molar-refractivity contribution in [1.82, 2.24) is 4.90 Å². The van der Waals surface area contributed by atoms with Gasteiger partial charge in [-0.1, -0.05) is 38.8 Å². The van der Waals surface area contributed by atoms with E-state index in [1.165, 1.54) is 5.56 Å². The van der Waals surface area contributed by atoms with Gasteiger partial charge in [0.15, 0.2) is 6.29 Å². The Hall–Kier alpha value is -1.06. The molecule has 20 heavy (non-hydrogen) atoms. The Bertz CT molecular complexity index is 503. The molecule has 110 valence electrons. The van der Waals surface area contributed by atoms with E-state index >= 15 is 0 Å². The van der Waals surface area contributed by atoms with E-state index in [2.05, 4.69) is 31.0 Å². The van der Waals surface area contributed by atoms with Crippen molar-refractivity contribution in [2.75, 3.05) is 12.4 Å². The maximum Gasteiger partial charge on any atom is 0.157 e. The smallest absolute Gasteiger partial charge is 0.157 e. The maximum atomic E-state index is 11.4. The second kappa shape index (κ2) is 5.74. The minimum absolute atomic E-state index is 0.161. The summed E-state index contributed by atoms with van der Waals surface area (Å²) in [6.45, 7) is 6.61. The number of aldehydes is 1. The summed E-state index contributed by atoms with van der Waals surface area (Å²) >= 11 is 6.21. The van der Waals surface area contributed by atoms with Crippen LogP contribution in [0.15, 0.2) is 18.2 Å². The van der Waals surface area contributed by atoms with Crippen LogP contribution in [0.4, 0.5) is 5.69 Å². The van der Waals surface area contributed by atoms with Crippen molar-refractivity contribution in [1.29, 1.82) is 0 Å². The minimum atomic E-state index is -0.294. The van der Waals surface area contributed by atoms with Gasteiger partial charge in [0.05, 0.1) is 5.54 Å². The molecule has 0 aromatic heterocycles. The van der Waals surface area contributed by atoms with E-state index in [9.17, 15) is 4.79 Å². The predicted octanol–water partition coefficient (Wildman–Crippen LogP) is 3.87. The topological polar surface area (TPSA) is 32.3 Å². The number of rotatable bonds is 4. The van der Waals surface area contributed by atoms with Gasteiger partial charge in [0, 0.05) is 10.7 Å². The molecule has 0 aliphatic carbocycles. The number of carbonyl (C=O) groups excluding carboxylic acids is 1. The Kier molecular flexibility index (Phi) is 4.40. The van der Waals surface area contributed by atoms with Crippen LogP contribution in [-0.2, 0) is 10.3 Å². The van der Waals surface area contributed by atoms with Crippen molar-refractivity contribution in [3.63, 3.8) is 0 Å². The Morgan fingerprint density at radius 2 is 2.20 bits per heavy atom. The molecule has 1 aliphatic heterocycles. The minimum Gasteiger partial charge on any atom is -0.363 e. The molecule has 0 spiro atoms. The lowest BCUT2D eigenvalue weighted by Gasteiger charge is -2.52. The SMILES string of the molecule is CCCC1(C(C)C)c2cc(Cl)ccc2NC(C=O)N1C. The fourth-order valence-electron chi connectivity index (χ4n) is 3.52. The van der Waals surface area contributed by atoms with Crippen LogP contribution in [0.25, 0.3) is 0 Å². The monoisotopic (exact) mass is 294 g/mol. The first-order valence-corrected chi connectivity index (χ1v) is 7.60. The summed E-state index contributed by atoms with van der Waals surface area (Å²) in [6.07, 6.45) is 2.74. The average molecular weight is 295 g/mol. The number of benzene rings is 1. The van der Waals surface area contributed by atoms with Crippen LogP contribution in [0.5, 0.6) is 0 Å². The van der Waals surface area contributed by atoms with Crippen molar-refractivity contribution in [2.45, 2.75) is 45.3 Å². The van der Waals surface area contributed by atoms with Gasteiger partial charge in [-0.05, 0) is 43.1 Å². The normalized spacial score (nSPS) is 26.2. The van der Waals surface area contributed by atoms with Gasteiger partial charge in [-0.2, -0.15) is 0 Å². The van der Waals surface area contributed by atoms with E-state index in [0.29, 0.717) is 5.92 Å². The highest BCUT2D eigenvalue weighted by Crippen LogP contribution is 2.47. The number of carbonyl (C=O) groups is 1. The number of anilines is 1. The van der Waals surface area contributed by atoms with Crippen LogP contribution in [0.1, 0.15) is 39.2 Å². The zero-order valence-electron chi connectivity index (χ0n) is 12.6. The predicted molar refractivity (Wildman–Crippen MR) is 84.1 cm³/mol. The van der Waals surface area contributed by atoms with E-state index < -0.39 is 0 Å². The Balaban J connectivity index is 2.67. The van der Waals surface area contributed by atoms with Crippen LogP contribution in [0, 0.1) is 5.92 Å². The van der Waals surface area contributed by atoms with Gasteiger partial charge in [0.1, 0.15) is 6.17 Å². The molecule has 4 heteroatoms. The zero-order valence-corrected chi connectivity index (χ0v) is 13.4.